The number of rotatable bonds is 14. The largest absolute Gasteiger partial charge is 0.396 e. The minimum atomic E-state index is -2.82. The van der Waals surface area contributed by atoms with Crippen LogP contribution in [0.4, 0.5) is 0 Å². The molecule has 0 saturated carbocycles. The van der Waals surface area contributed by atoms with Crippen LogP contribution in [0.25, 0.3) is 0 Å². The first-order valence-corrected chi connectivity index (χ1v) is 9.40. The fourth-order valence-corrected chi connectivity index (χ4v) is 3.77. The molecule has 0 aliphatic rings. The summed E-state index contributed by atoms with van der Waals surface area (Å²) in [5, 5.41) is 8.65. The highest BCUT2D eigenvalue weighted by atomic mass is 31.2. The molecular formula is C14H31O4P. The molecule has 0 aliphatic heterocycles. The molecule has 116 valence electrons. The molecule has 0 rings (SSSR count). The lowest BCUT2D eigenvalue weighted by molar-refractivity contribution is 0.219. The van der Waals surface area contributed by atoms with Crippen LogP contribution in [0.15, 0.2) is 0 Å². The van der Waals surface area contributed by atoms with E-state index in [2.05, 4.69) is 0 Å². The number of unbranched alkanes of at least 4 members (excludes halogenated alkanes) is 7. The van der Waals surface area contributed by atoms with Gasteiger partial charge in [0, 0.05) is 6.61 Å². The monoisotopic (exact) mass is 294 g/mol. The molecular weight excluding hydrogens is 263 g/mol. The van der Waals surface area contributed by atoms with Gasteiger partial charge in [0.05, 0.1) is 19.4 Å². The van der Waals surface area contributed by atoms with E-state index in [0.717, 1.165) is 25.7 Å². The van der Waals surface area contributed by atoms with E-state index in [-0.39, 0.29) is 0 Å². The maximum absolute atomic E-state index is 12.2. The third kappa shape index (κ3) is 11.6. The fraction of sp³-hybridized carbons (Fsp3) is 1.00. The molecule has 0 bridgehead atoms. The van der Waals surface area contributed by atoms with E-state index >= 15 is 0 Å². The molecule has 0 fully saturated rings. The molecule has 1 N–H and O–H groups in total. The van der Waals surface area contributed by atoms with Crippen LogP contribution >= 0.6 is 7.60 Å². The number of aliphatic hydroxyl groups excluding tert-OH is 1. The summed E-state index contributed by atoms with van der Waals surface area (Å²) >= 11 is 0. The molecule has 0 saturated heterocycles. The molecule has 0 aromatic rings. The van der Waals surface area contributed by atoms with E-state index in [1.165, 1.54) is 25.7 Å². The Morgan fingerprint density at radius 2 is 1.21 bits per heavy atom. The Morgan fingerprint density at radius 3 is 1.63 bits per heavy atom. The van der Waals surface area contributed by atoms with Gasteiger partial charge in [-0.3, -0.25) is 4.57 Å². The van der Waals surface area contributed by atoms with Crippen LogP contribution in [-0.4, -0.2) is 31.1 Å². The second kappa shape index (κ2) is 13.1. The summed E-state index contributed by atoms with van der Waals surface area (Å²) in [7, 11) is -2.82. The lowest BCUT2D eigenvalue weighted by atomic mass is 10.1. The van der Waals surface area contributed by atoms with Crippen LogP contribution in [0, 0.1) is 0 Å². The number of hydrogen-bond donors (Lipinski definition) is 1. The molecule has 0 heterocycles. The van der Waals surface area contributed by atoms with Gasteiger partial charge >= 0.3 is 7.60 Å². The van der Waals surface area contributed by atoms with Crippen molar-refractivity contribution in [3.8, 4) is 0 Å². The SMILES string of the molecule is CCOP(=O)(CCCCCCCCCCO)OCC. The maximum Gasteiger partial charge on any atom is 0.330 e. The Labute approximate surface area is 118 Å². The van der Waals surface area contributed by atoms with Crippen LogP contribution in [-0.2, 0) is 13.6 Å². The van der Waals surface area contributed by atoms with E-state index in [1.54, 1.807) is 0 Å². The standard InChI is InChI=1S/C14H31O4P/c1-3-17-19(16,18-4-2)14-12-10-8-6-5-7-9-11-13-15/h15H,3-14H2,1-2H3. The first-order valence-electron chi connectivity index (χ1n) is 7.67. The molecule has 0 unspecified atom stereocenters. The van der Waals surface area contributed by atoms with Crippen molar-refractivity contribution in [2.75, 3.05) is 26.0 Å². The van der Waals surface area contributed by atoms with Gasteiger partial charge in [-0.2, -0.15) is 0 Å². The third-order valence-corrected chi connectivity index (χ3v) is 5.16. The topological polar surface area (TPSA) is 55.8 Å². The second-order valence-electron chi connectivity index (χ2n) is 4.72. The predicted octanol–water partition coefficient (Wildman–Crippen LogP) is 4.37. The first-order chi connectivity index (χ1) is 9.18. The van der Waals surface area contributed by atoms with Gasteiger partial charge in [-0.25, -0.2) is 0 Å². The summed E-state index contributed by atoms with van der Waals surface area (Å²) in [5.41, 5.74) is 0. The third-order valence-electron chi connectivity index (χ3n) is 2.99. The zero-order valence-corrected chi connectivity index (χ0v) is 13.5. The molecule has 5 heteroatoms. The summed E-state index contributed by atoms with van der Waals surface area (Å²) in [4.78, 5) is 0. The molecule has 0 spiro atoms. The number of aliphatic hydroxyl groups is 1. The van der Waals surface area contributed by atoms with Gasteiger partial charge in [0.1, 0.15) is 0 Å². The average molecular weight is 294 g/mol. The zero-order valence-electron chi connectivity index (χ0n) is 12.6. The first kappa shape index (κ1) is 19.1. The van der Waals surface area contributed by atoms with Crippen molar-refractivity contribution >= 4 is 7.60 Å². The van der Waals surface area contributed by atoms with Gasteiger partial charge in [-0.15, -0.1) is 0 Å². The Morgan fingerprint density at radius 1 is 0.789 bits per heavy atom. The van der Waals surface area contributed by atoms with E-state index in [0.29, 0.717) is 26.0 Å². The Hall–Kier alpha value is 0.110. The van der Waals surface area contributed by atoms with Crippen molar-refractivity contribution in [1.82, 2.24) is 0 Å². The quantitative estimate of drug-likeness (QED) is 0.382. The van der Waals surface area contributed by atoms with Crippen molar-refractivity contribution < 1.29 is 18.7 Å². The minimum Gasteiger partial charge on any atom is -0.396 e. The molecule has 19 heavy (non-hydrogen) atoms. The molecule has 0 aromatic heterocycles. The highest BCUT2D eigenvalue weighted by Crippen LogP contribution is 2.48. The predicted molar refractivity (Wildman–Crippen MR) is 79.7 cm³/mol. The minimum absolute atomic E-state index is 0.310. The van der Waals surface area contributed by atoms with Gasteiger partial charge in [0.2, 0.25) is 0 Å². The van der Waals surface area contributed by atoms with Crippen molar-refractivity contribution in [3.05, 3.63) is 0 Å². The maximum atomic E-state index is 12.2. The lowest BCUT2D eigenvalue weighted by Gasteiger charge is -2.16. The van der Waals surface area contributed by atoms with Gasteiger partial charge in [0.25, 0.3) is 0 Å². The van der Waals surface area contributed by atoms with Gasteiger partial charge in [-0.05, 0) is 26.7 Å². The van der Waals surface area contributed by atoms with Crippen LogP contribution in [0.3, 0.4) is 0 Å². The summed E-state index contributed by atoms with van der Waals surface area (Å²) < 4.78 is 22.7. The smallest absolute Gasteiger partial charge is 0.330 e. The number of hydrogen-bond acceptors (Lipinski definition) is 4. The van der Waals surface area contributed by atoms with E-state index in [1.807, 2.05) is 13.8 Å². The molecule has 0 amide bonds. The molecule has 0 aromatic carbocycles. The van der Waals surface area contributed by atoms with Crippen LogP contribution in [0.5, 0.6) is 0 Å². The van der Waals surface area contributed by atoms with Crippen molar-refractivity contribution in [1.29, 1.82) is 0 Å². The Kier molecular flexibility index (Phi) is 13.2. The fourth-order valence-electron chi connectivity index (χ4n) is 2.04. The van der Waals surface area contributed by atoms with Crippen LogP contribution in [0.2, 0.25) is 0 Å². The van der Waals surface area contributed by atoms with Crippen LogP contribution < -0.4 is 0 Å². The second-order valence-corrected chi connectivity index (χ2v) is 6.91. The van der Waals surface area contributed by atoms with Crippen molar-refractivity contribution in [2.24, 2.45) is 0 Å². The normalized spacial score (nSPS) is 11.9. The van der Waals surface area contributed by atoms with E-state index in [4.69, 9.17) is 14.2 Å². The van der Waals surface area contributed by atoms with Gasteiger partial charge in [0.15, 0.2) is 0 Å². The summed E-state index contributed by atoms with van der Waals surface area (Å²) in [6, 6.07) is 0. The van der Waals surface area contributed by atoms with Gasteiger partial charge < -0.3 is 14.2 Å². The molecule has 0 aliphatic carbocycles. The summed E-state index contributed by atoms with van der Waals surface area (Å²) in [6.45, 7) is 4.89. The van der Waals surface area contributed by atoms with Crippen LogP contribution in [0.1, 0.15) is 65.2 Å². The van der Waals surface area contributed by atoms with Crippen molar-refractivity contribution in [3.63, 3.8) is 0 Å². The molecule has 4 nitrogen and oxygen atoms in total. The van der Waals surface area contributed by atoms with E-state index < -0.39 is 7.60 Å². The van der Waals surface area contributed by atoms with Crippen molar-refractivity contribution in [2.45, 2.75) is 65.2 Å². The Bertz CT molecular complexity index is 223. The highest BCUT2D eigenvalue weighted by molar-refractivity contribution is 7.53. The molecule has 0 radical (unpaired) electrons. The summed E-state index contributed by atoms with van der Waals surface area (Å²) in [6.07, 6.45) is 9.42. The molecule has 0 atom stereocenters. The summed E-state index contributed by atoms with van der Waals surface area (Å²) in [5.74, 6) is 0. The Balaban J connectivity index is 3.47. The lowest BCUT2D eigenvalue weighted by Crippen LogP contribution is -2.00. The zero-order chi connectivity index (χ0) is 14.4. The van der Waals surface area contributed by atoms with Gasteiger partial charge in [-0.1, -0.05) is 38.5 Å². The van der Waals surface area contributed by atoms with E-state index in [9.17, 15) is 4.57 Å². The average Bonchev–Trinajstić information content (AvgIpc) is 2.37. The highest BCUT2D eigenvalue weighted by Gasteiger charge is 2.22.